The van der Waals surface area contributed by atoms with E-state index in [9.17, 15) is 19.2 Å². The Morgan fingerprint density at radius 3 is 2.06 bits per heavy atom. The van der Waals surface area contributed by atoms with Crippen molar-refractivity contribution in [2.45, 2.75) is 51.3 Å². The van der Waals surface area contributed by atoms with Crippen LogP contribution in [0, 0.1) is 0 Å². The van der Waals surface area contributed by atoms with Gasteiger partial charge >= 0.3 is 18.2 Å². The summed E-state index contributed by atoms with van der Waals surface area (Å²) in [6.07, 6.45) is -1.62. The van der Waals surface area contributed by atoms with Gasteiger partial charge in [0, 0.05) is 24.0 Å². The van der Waals surface area contributed by atoms with Crippen molar-refractivity contribution in [3.63, 3.8) is 0 Å². The Labute approximate surface area is 290 Å². The molecule has 1 aliphatic rings. The zero-order valence-electron chi connectivity index (χ0n) is 27.6. The third-order valence-electron chi connectivity index (χ3n) is 7.81. The average Bonchev–Trinajstić information content (AvgIpc) is 3.39. The molecule has 254 valence electrons. The number of rotatable bonds is 10. The minimum Gasteiger partial charge on any atom is -0.449 e. The van der Waals surface area contributed by atoms with Crippen LogP contribution < -0.4 is 20.9 Å². The molecular weight excluding hydrogens is 644 g/mol. The van der Waals surface area contributed by atoms with Crippen LogP contribution in [0.1, 0.15) is 49.8 Å². The Bertz CT molecular complexity index is 1760. The number of amides is 5. The highest BCUT2D eigenvalue weighted by atomic mass is 35.5. The van der Waals surface area contributed by atoms with E-state index in [0.29, 0.717) is 5.02 Å². The first-order valence-corrected chi connectivity index (χ1v) is 16.4. The van der Waals surface area contributed by atoms with Crippen molar-refractivity contribution >= 4 is 41.4 Å². The van der Waals surface area contributed by atoms with Gasteiger partial charge in [0.05, 0.1) is 5.69 Å². The number of hydrogen-bond donors (Lipinski definition) is 3. The van der Waals surface area contributed by atoms with Crippen molar-refractivity contribution in [3.05, 3.63) is 125 Å². The summed E-state index contributed by atoms with van der Waals surface area (Å²) in [5, 5.41) is 8.34. The minimum atomic E-state index is -1.29. The highest BCUT2D eigenvalue weighted by Crippen LogP contribution is 2.44. The highest BCUT2D eigenvalue weighted by molar-refractivity contribution is 6.31. The van der Waals surface area contributed by atoms with Crippen LogP contribution in [0.15, 0.2) is 103 Å². The Kier molecular flexibility index (Phi) is 11.2. The lowest BCUT2D eigenvalue weighted by Gasteiger charge is -2.27. The van der Waals surface area contributed by atoms with Gasteiger partial charge in [-0.3, -0.25) is 4.79 Å². The minimum absolute atomic E-state index is 0.0203. The van der Waals surface area contributed by atoms with E-state index in [0.717, 1.165) is 32.7 Å². The molecule has 0 heterocycles. The first-order chi connectivity index (χ1) is 23.5. The summed E-state index contributed by atoms with van der Waals surface area (Å²) in [5.41, 5.74) is 4.51. The molecule has 10 nitrogen and oxygen atoms in total. The van der Waals surface area contributed by atoms with Gasteiger partial charge in [0.25, 0.3) is 5.91 Å². The van der Waals surface area contributed by atoms with Crippen LogP contribution in [0.25, 0.3) is 11.1 Å². The van der Waals surface area contributed by atoms with E-state index in [-0.39, 0.29) is 37.7 Å². The number of anilines is 1. The zero-order valence-corrected chi connectivity index (χ0v) is 28.3. The molecule has 0 fully saturated rings. The lowest BCUT2D eigenvalue weighted by molar-refractivity contribution is -0.120. The van der Waals surface area contributed by atoms with Crippen LogP contribution >= 0.6 is 11.6 Å². The van der Waals surface area contributed by atoms with Gasteiger partial charge in [0.15, 0.2) is 0 Å². The summed E-state index contributed by atoms with van der Waals surface area (Å²) >= 11 is 6.26. The van der Waals surface area contributed by atoms with Crippen LogP contribution in [-0.4, -0.2) is 48.9 Å². The normalized spacial score (nSPS) is 12.6. The van der Waals surface area contributed by atoms with Crippen molar-refractivity contribution in [1.29, 1.82) is 0 Å². The molecule has 5 rings (SSSR count). The van der Waals surface area contributed by atoms with Crippen LogP contribution in [0.4, 0.5) is 20.1 Å². The van der Waals surface area contributed by atoms with Gasteiger partial charge in [-0.25, -0.2) is 19.3 Å². The summed E-state index contributed by atoms with van der Waals surface area (Å²) in [6.45, 7) is 5.31. The largest absolute Gasteiger partial charge is 0.449 e. The molecule has 0 saturated carbocycles. The number of fused-ring (bicyclic) bond motifs is 3. The second-order valence-corrected chi connectivity index (χ2v) is 13.0. The van der Waals surface area contributed by atoms with Gasteiger partial charge in [-0.05, 0) is 73.2 Å². The third kappa shape index (κ3) is 9.17. The first kappa shape index (κ1) is 35.0. The number of carbonyl (C=O) groups excluding carboxylic acids is 4. The molecular formula is C38H39ClN4O6. The highest BCUT2D eigenvalue weighted by Gasteiger charge is 2.33. The topological polar surface area (TPSA) is 126 Å². The molecule has 4 aromatic carbocycles. The fraction of sp³-hybridized carbons (Fsp3) is 0.263. The fourth-order valence-electron chi connectivity index (χ4n) is 5.64. The molecule has 4 aromatic rings. The molecule has 11 heteroatoms. The van der Waals surface area contributed by atoms with Crippen molar-refractivity contribution in [2.75, 3.05) is 18.1 Å². The van der Waals surface area contributed by atoms with Crippen molar-refractivity contribution in [2.24, 2.45) is 0 Å². The monoisotopic (exact) mass is 682 g/mol. The van der Waals surface area contributed by atoms with Gasteiger partial charge in [0.1, 0.15) is 18.2 Å². The number of carbonyl (C=O) groups is 4. The maximum Gasteiger partial charge on any atom is 0.407 e. The zero-order chi connectivity index (χ0) is 35.0. The average molecular weight is 683 g/mol. The summed E-state index contributed by atoms with van der Waals surface area (Å²) < 4.78 is 11.0. The number of halogens is 1. The molecule has 49 heavy (non-hydrogen) atoms. The fourth-order valence-corrected chi connectivity index (χ4v) is 5.83. The summed E-state index contributed by atoms with van der Waals surface area (Å²) in [4.78, 5) is 54.6. The van der Waals surface area contributed by atoms with Crippen LogP contribution in [-0.2, 0) is 20.8 Å². The SMILES string of the molecule is CC(C)(C)OC(=O)NCCC(NC(=O)OCC1c2ccccc2-c2ccccc21)C(=O)N(C(=O)NCc1ccccc1)c1cccc(Cl)c1. The quantitative estimate of drug-likeness (QED) is 0.160. The Morgan fingerprint density at radius 1 is 0.796 bits per heavy atom. The second-order valence-electron chi connectivity index (χ2n) is 12.5. The number of alkyl carbamates (subject to hydrolysis) is 2. The predicted molar refractivity (Wildman–Crippen MR) is 188 cm³/mol. The number of benzene rings is 4. The Hall–Kier alpha value is -5.35. The molecule has 5 amide bonds. The molecule has 0 bridgehead atoms. The Balaban J connectivity index is 1.35. The standard InChI is InChI=1S/C38H39ClN4O6/c1-38(2,3)49-36(46)40-21-20-33(42-37(47)48-24-32-30-18-9-7-16-28(30)29-17-8-10-19-31(29)32)34(44)43(27-15-11-14-26(39)22-27)35(45)41-23-25-12-5-4-6-13-25/h4-19,22,32-33H,20-21,23-24H2,1-3H3,(H,40,46)(H,41,45)(H,42,47). The molecule has 0 aliphatic heterocycles. The lowest BCUT2D eigenvalue weighted by Crippen LogP contribution is -2.54. The van der Waals surface area contributed by atoms with Crippen LogP contribution in [0.5, 0.6) is 0 Å². The summed E-state index contributed by atoms with van der Waals surface area (Å²) in [6, 6.07) is 29.4. The van der Waals surface area contributed by atoms with Gasteiger partial charge in [-0.1, -0.05) is 96.5 Å². The van der Waals surface area contributed by atoms with E-state index in [2.05, 4.69) is 16.0 Å². The lowest BCUT2D eigenvalue weighted by atomic mass is 9.98. The first-order valence-electron chi connectivity index (χ1n) is 16.0. The Morgan fingerprint density at radius 2 is 1.43 bits per heavy atom. The van der Waals surface area contributed by atoms with Crippen LogP contribution in [0.2, 0.25) is 5.02 Å². The summed E-state index contributed by atoms with van der Waals surface area (Å²) in [5.74, 6) is -0.958. The van der Waals surface area contributed by atoms with E-state index in [4.69, 9.17) is 21.1 Å². The molecule has 0 aromatic heterocycles. The van der Waals surface area contributed by atoms with Crippen molar-refractivity contribution in [1.82, 2.24) is 16.0 Å². The molecule has 0 saturated heterocycles. The number of hydrogen-bond acceptors (Lipinski definition) is 6. The third-order valence-corrected chi connectivity index (χ3v) is 8.05. The smallest absolute Gasteiger partial charge is 0.407 e. The molecule has 3 N–H and O–H groups in total. The van der Waals surface area contributed by atoms with E-state index < -0.39 is 35.8 Å². The molecule has 0 radical (unpaired) electrons. The number of ether oxygens (including phenoxy) is 2. The van der Waals surface area contributed by atoms with Gasteiger partial charge in [-0.2, -0.15) is 0 Å². The molecule has 1 unspecified atom stereocenters. The predicted octanol–water partition coefficient (Wildman–Crippen LogP) is 7.40. The number of urea groups is 1. The van der Waals surface area contributed by atoms with E-state index in [1.165, 1.54) is 6.07 Å². The maximum absolute atomic E-state index is 14.2. The van der Waals surface area contributed by atoms with Crippen molar-refractivity contribution < 1.29 is 28.7 Å². The number of nitrogens with zero attached hydrogens (tertiary/aromatic N) is 1. The van der Waals surface area contributed by atoms with Gasteiger partial charge in [0.2, 0.25) is 0 Å². The second kappa shape index (κ2) is 15.7. The van der Waals surface area contributed by atoms with Gasteiger partial charge in [-0.15, -0.1) is 0 Å². The summed E-state index contributed by atoms with van der Waals surface area (Å²) in [7, 11) is 0. The maximum atomic E-state index is 14.2. The molecule has 1 atom stereocenters. The van der Waals surface area contributed by atoms with E-state index in [1.807, 2.05) is 78.9 Å². The van der Waals surface area contributed by atoms with E-state index >= 15 is 0 Å². The molecule has 1 aliphatic carbocycles. The van der Waals surface area contributed by atoms with Gasteiger partial charge < -0.3 is 25.4 Å². The van der Waals surface area contributed by atoms with E-state index in [1.54, 1.807) is 39.0 Å². The number of nitrogens with one attached hydrogen (secondary N) is 3. The van der Waals surface area contributed by atoms with Crippen molar-refractivity contribution in [3.8, 4) is 11.1 Å². The number of imide groups is 1. The molecule has 0 spiro atoms. The van der Waals surface area contributed by atoms with Crippen LogP contribution in [0.3, 0.4) is 0 Å².